The van der Waals surface area contributed by atoms with Crippen molar-refractivity contribution < 1.29 is 19.1 Å². The number of nitrogens with one attached hydrogen (secondary N) is 3. The second kappa shape index (κ2) is 13.1. The number of carbonyl (C=O) groups is 3. The molecule has 2 aliphatic heterocycles. The first-order chi connectivity index (χ1) is 20.7. The van der Waals surface area contributed by atoms with Gasteiger partial charge < -0.3 is 35.2 Å². The highest BCUT2D eigenvalue weighted by Gasteiger charge is 2.35. The number of carbonyl (C=O) groups excluding carboxylic acids is 3. The maximum atomic E-state index is 13.4. The van der Waals surface area contributed by atoms with Crippen LogP contribution in [-0.4, -0.2) is 58.6 Å². The minimum Gasteiger partial charge on any atom is -0.489 e. The van der Waals surface area contributed by atoms with Crippen LogP contribution in [0.25, 0.3) is 0 Å². The number of para-hydroxylation sites is 1. The van der Waals surface area contributed by atoms with E-state index in [4.69, 9.17) is 16.3 Å². The Morgan fingerprint density at radius 1 is 1.09 bits per heavy atom. The number of anilines is 4. The number of hydrogen-bond donors (Lipinski definition) is 3. The van der Waals surface area contributed by atoms with Crippen molar-refractivity contribution in [1.29, 1.82) is 0 Å². The van der Waals surface area contributed by atoms with Gasteiger partial charge in [-0.15, -0.1) is 0 Å². The number of nitrogens with zero attached hydrogens (tertiary/aromatic N) is 3. The van der Waals surface area contributed by atoms with Crippen LogP contribution in [0.3, 0.4) is 0 Å². The second-order valence-corrected chi connectivity index (χ2v) is 12.0. The molecule has 0 bridgehead atoms. The molecule has 226 valence electrons. The molecule has 5 rings (SSSR count). The average Bonchev–Trinajstić information content (AvgIpc) is 3.62. The number of benzene rings is 2. The zero-order chi connectivity index (χ0) is 30.7. The topological polar surface area (TPSA) is 126 Å². The van der Waals surface area contributed by atoms with Crippen molar-refractivity contribution in [2.45, 2.75) is 58.7 Å². The Morgan fingerprint density at radius 3 is 2.56 bits per heavy atom. The van der Waals surface area contributed by atoms with E-state index in [0.717, 1.165) is 37.6 Å². The lowest BCUT2D eigenvalue weighted by Gasteiger charge is -2.24. The number of amides is 1. The molecule has 1 amide bonds. The van der Waals surface area contributed by atoms with Crippen LogP contribution in [0, 0.1) is 11.8 Å². The summed E-state index contributed by atoms with van der Waals surface area (Å²) in [6, 6.07) is 11.2. The third-order valence-electron chi connectivity index (χ3n) is 7.93. The van der Waals surface area contributed by atoms with Crippen LogP contribution in [0.1, 0.15) is 61.5 Å². The molecule has 3 aromatic rings. The van der Waals surface area contributed by atoms with Gasteiger partial charge in [-0.3, -0.25) is 4.79 Å². The fourth-order valence-corrected chi connectivity index (χ4v) is 5.84. The van der Waals surface area contributed by atoms with Crippen LogP contribution >= 0.6 is 11.6 Å². The number of fused-ring (bicyclic) bond motifs is 1. The Morgan fingerprint density at radius 2 is 1.88 bits per heavy atom. The van der Waals surface area contributed by atoms with Gasteiger partial charge in [0, 0.05) is 36.3 Å². The van der Waals surface area contributed by atoms with E-state index in [-0.39, 0.29) is 34.9 Å². The summed E-state index contributed by atoms with van der Waals surface area (Å²) in [6.07, 6.45) is 3.94. The monoisotopic (exact) mass is 604 g/mol. The van der Waals surface area contributed by atoms with E-state index in [1.165, 1.54) is 6.20 Å². The third-order valence-corrected chi connectivity index (χ3v) is 8.20. The molecule has 3 atom stereocenters. The molecule has 2 aliphatic rings. The Balaban J connectivity index is 1.45. The van der Waals surface area contributed by atoms with Crippen LogP contribution in [0.4, 0.5) is 23.1 Å². The minimum atomic E-state index is -0.640. The highest BCUT2D eigenvalue weighted by molar-refractivity contribution is 6.33. The summed E-state index contributed by atoms with van der Waals surface area (Å²) >= 11 is 6.51. The van der Waals surface area contributed by atoms with Gasteiger partial charge in [0.25, 0.3) is 5.91 Å². The first-order valence-electron chi connectivity index (χ1n) is 14.6. The number of hydrogen-bond acceptors (Lipinski definition) is 9. The van der Waals surface area contributed by atoms with Crippen molar-refractivity contribution in [3.05, 3.63) is 64.3 Å². The van der Waals surface area contributed by atoms with Gasteiger partial charge in [-0.2, -0.15) is 4.98 Å². The van der Waals surface area contributed by atoms with E-state index in [0.29, 0.717) is 40.6 Å². The number of aldehydes is 2. The maximum absolute atomic E-state index is 13.4. The van der Waals surface area contributed by atoms with Crippen molar-refractivity contribution >= 4 is 53.2 Å². The van der Waals surface area contributed by atoms with Gasteiger partial charge in [-0.25, -0.2) is 4.98 Å². The van der Waals surface area contributed by atoms with Crippen molar-refractivity contribution in [2.75, 3.05) is 23.7 Å². The van der Waals surface area contributed by atoms with Crippen LogP contribution in [0.5, 0.6) is 5.75 Å². The van der Waals surface area contributed by atoms with E-state index in [1.807, 2.05) is 62.9 Å². The summed E-state index contributed by atoms with van der Waals surface area (Å²) in [5.74, 6) is -0.0121. The quantitative estimate of drug-likeness (QED) is 0.231. The van der Waals surface area contributed by atoms with Crippen molar-refractivity contribution in [1.82, 2.24) is 20.2 Å². The minimum absolute atomic E-state index is 0.00130. The van der Waals surface area contributed by atoms with Crippen LogP contribution in [-0.2, 0) is 16.1 Å². The molecular weight excluding hydrogens is 568 g/mol. The van der Waals surface area contributed by atoms with Crippen LogP contribution in [0.15, 0.2) is 42.6 Å². The van der Waals surface area contributed by atoms with Gasteiger partial charge >= 0.3 is 0 Å². The molecule has 0 aliphatic carbocycles. The highest BCUT2D eigenvalue weighted by atomic mass is 35.5. The molecule has 3 heterocycles. The summed E-state index contributed by atoms with van der Waals surface area (Å²) in [6.45, 7) is 9.95. The van der Waals surface area contributed by atoms with Gasteiger partial charge in [0.15, 0.2) is 5.82 Å². The summed E-state index contributed by atoms with van der Waals surface area (Å²) < 4.78 is 6.13. The van der Waals surface area contributed by atoms with Crippen LogP contribution in [0.2, 0.25) is 5.02 Å². The Bertz CT molecular complexity index is 1510. The molecule has 0 spiro atoms. The van der Waals surface area contributed by atoms with Gasteiger partial charge in [0.1, 0.15) is 23.3 Å². The molecule has 1 fully saturated rings. The number of rotatable bonds is 12. The molecule has 3 N–H and O–H groups in total. The highest BCUT2D eigenvalue weighted by Crippen LogP contribution is 2.38. The van der Waals surface area contributed by atoms with E-state index in [2.05, 4.69) is 25.9 Å². The summed E-state index contributed by atoms with van der Waals surface area (Å²) in [4.78, 5) is 48.3. The maximum Gasteiger partial charge on any atom is 0.254 e. The van der Waals surface area contributed by atoms with E-state index < -0.39 is 11.8 Å². The predicted molar refractivity (Wildman–Crippen MR) is 167 cm³/mol. The van der Waals surface area contributed by atoms with Gasteiger partial charge in [-0.1, -0.05) is 43.6 Å². The molecule has 2 aromatic carbocycles. The standard InChI is InChI=1S/C32H37ClN6O4/c1-18(2)24(16-40)25(17-41)22-7-5-6-8-27(22)36-30-26(33)14-35-32(38-30)37-28-12-23-20(11-29(28)43-19(3)4)15-39(31(23)42)21-9-10-34-13-21/h5-8,11-12,14,16-19,21,24-25,34H,9-10,13,15H2,1-4H3,(H2,35,36,37,38)/t21-,24?,25?/m1/s1. The lowest BCUT2D eigenvalue weighted by molar-refractivity contribution is -0.118. The summed E-state index contributed by atoms with van der Waals surface area (Å²) in [5.41, 5.74) is 3.38. The SMILES string of the molecule is CC(C)Oc1cc2c(cc1Nc1ncc(Cl)c(Nc3ccccc3C(C=O)C(C=O)C(C)C)n1)C(=O)N([C@@H]1CCNC1)C2. The molecule has 2 unspecified atom stereocenters. The number of halogens is 1. The van der Waals surface area contributed by atoms with Crippen molar-refractivity contribution in [3.63, 3.8) is 0 Å². The fraction of sp³-hybridized carbons (Fsp3) is 0.406. The molecular formula is C32H37ClN6O4. The third kappa shape index (κ3) is 6.50. The van der Waals surface area contributed by atoms with Crippen molar-refractivity contribution in [2.24, 2.45) is 11.8 Å². The van der Waals surface area contributed by atoms with E-state index in [9.17, 15) is 14.4 Å². The van der Waals surface area contributed by atoms with Gasteiger partial charge in [-0.05, 0) is 62.1 Å². The Hall–Kier alpha value is -4.02. The van der Waals surface area contributed by atoms with Crippen LogP contribution < -0.4 is 20.7 Å². The lowest BCUT2D eigenvalue weighted by Crippen LogP contribution is -2.36. The Labute approximate surface area is 256 Å². The predicted octanol–water partition coefficient (Wildman–Crippen LogP) is 5.48. The van der Waals surface area contributed by atoms with Gasteiger partial charge in [0.05, 0.1) is 23.9 Å². The molecule has 43 heavy (non-hydrogen) atoms. The number of aromatic nitrogens is 2. The first-order valence-corrected chi connectivity index (χ1v) is 15.0. The Kier molecular flexibility index (Phi) is 9.27. The zero-order valence-corrected chi connectivity index (χ0v) is 25.5. The molecule has 0 saturated carbocycles. The summed E-state index contributed by atoms with van der Waals surface area (Å²) in [7, 11) is 0. The zero-order valence-electron chi connectivity index (χ0n) is 24.8. The molecule has 1 saturated heterocycles. The molecule has 1 aromatic heterocycles. The second-order valence-electron chi connectivity index (χ2n) is 11.6. The smallest absolute Gasteiger partial charge is 0.254 e. The first kappa shape index (κ1) is 30.4. The molecule has 10 nitrogen and oxygen atoms in total. The van der Waals surface area contributed by atoms with Gasteiger partial charge in [0.2, 0.25) is 5.95 Å². The number of ether oxygens (including phenoxy) is 1. The normalized spacial score (nSPS) is 17.6. The average molecular weight is 605 g/mol. The molecule has 0 radical (unpaired) electrons. The lowest BCUT2D eigenvalue weighted by atomic mass is 9.80. The summed E-state index contributed by atoms with van der Waals surface area (Å²) in [5, 5.41) is 10.1. The molecule has 11 heteroatoms. The van der Waals surface area contributed by atoms with Crippen molar-refractivity contribution in [3.8, 4) is 5.75 Å². The van der Waals surface area contributed by atoms with E-state index in [1.54, 1.807) is 6.07 Å². The van der Waals surface area contributed by atoms with E-state index >= 15 is 0 Å². The fourth-order valence-electron chi connectivity index (χ4n) is 5.70. The largest absolute Gasteiger partial charge is 0.489 e.